The van der Waals surface area contributed by atoms with Crippen LogP contribution >= 0.6 is 0 Å². The Hall–Kier alpha value is -1.50. The van der Waals surface area contributed by atoms with Gasteiger partial charge in [0.15, 0.2) is 11.5 Å². The highest BCUT2D eigenvalue weighted by Crippen LogP contribution is 2.40. The molecule has 3 N–H and O–H groups in total. The number of nitrogens with two attached hydrogens (primary N) is 1. The third kappa shape index (κ3) is 2.82. The molecular weight excluding hydrogens is 260 g/mol. The van der Waals surface area contributed by atoms with Crippen LogP contribution in [0.4, 0.5) is 0 Å². The molecule has 2 atom stereocenters. The molecule has 2 unspecified atom stereocenters. The van der Waals surface area contributed by atoms with Crippen molar-refractivity contribution < 1.29 is 18.9 Å². The van der Waals surface area contributed by atoms with E-state index >= 15 is 0 Å². The summed E-state index contributed by atoms with van der Waals surface area (Å²) < 4.78 is 21.5. The van der Waals surface area contributed by atoms with E-state index in [0.717, 1.165) is 24.3 Å². The number of nitrogens with one attached hydrogen (secondary N) is 1. The predicted octanol–water partition coefficient (Wildman–Crippen LogP) is 1.25. The van der Waals surface area contributed by atoms with E-state index in [0.29, 0.717) is 24.0 Å². The first-order valence-corrected chi connectivity index (χ1v) is 6.59. The van der Waals surface area contributed by atoms with Gasteiger partial charge in [0.2, 0.25) is 0 Å². The van der Waals surface area contributed by atoms with Crippen LogP contribution in [0, 0.1) is 5.92 Å². The molecule has 0 spiro atoms. The third-order valence-corrected chi connectivity index (χ3v) is 3.69. The summed E-state index contributed by atoms with van der Waals surface area (Å²) in [5.41, 5.74) is 3.81. The van der Waals surface area contributed by atoms with Crippen LogP contribution in [-0.4, -0.2) is 34.5 Å². The largest absolute Gasteiger partial charge is 0.496 e. The van der Waals surface area contributed by atoms with Gasteiger partial charge in [-0.15, -0.1) is 0 Å². The molecule has 0 aliphatic carbocycles. The lowest BCUT2D eigenvalue weighted by molar-refractivity contribution is 0.176. The number of methoxy groups -OCH3 is 3. The minimum absolute atomic E-state index is 0.0488. The molecule has 1 heterocycles. The molecule has 1 fully saturated rings. The molecular formula is C14H22N2O4. The third-order valence-electron chi connectivity index (χ3n) is 3.69. The number of benzene rings is 1. The summed E-state index contributed by atoms with van der Waals surface area (Å²) >= 11 is 0. The molecule has 1 saturated heterocycles. The summed E-state index contributed by atoms with van der Waals surface area (Å²) in [6, 6.07) is 3.67. The zero-order valence-corrected chi connectivity index (χ0v) is 12.1. The van der Waals surface area contributed by atoms with Gasteiger partial charge >= 0.3 is 0 Å². The molecule has 0 amide bonds. The number of hydrazine groups is 1. The lowest BCUT2D eigenvalue weighted by Gasteiger charge is -2.25. The van der Waals surface area contributed by atoms with Crippen molar-refractivity contribution in [1.29, 1.82) is 0 Å². The molecule has 0 bridgehead atoms. The molecule has 6 nitrogen and oxygen atoms in total. The van der Waals surface area contributed by atoms with Gasteiger partial charge in [-0.25, -0.2) is 0 Å². The van der Waals surface area contributed by atoms with Crippen LogP contribution in [0.2, 0.25) is 0 Å². The Morgan fingerprint density at radius 1 is 1.15 bits per heavy atom. The highest BCUT2D eigenvalue weighted by atomic mass is 16.5. The average molecular weight is 282 g/mol. The van der Waals surface area contributed by atoms with E-state index in [2.05, 4.69) is 5.43 Å². The standard InChI is InChI=1S/C14H22N2O4/c1-17-11-7-13(19-3)12(18-2)6-10(11)14(16-15)9-4-5-20-8-9/h6-7,9,14,16H,4-5,8,15H2,1-3H3. The normalized spacial score (nSPS) is 19.7. The highest BCUT2D eigenvalue weighted by Gasteiger charge is 2.29. The lowest BCUT2D eigenvalue weighted by atomic mass is 9.92. The van der Waals surface area contributed by atoms with E-state index < -0.39 is 0 Å². The highest BCUT2D eigenvalue weighted by molar-refractivity contribution is 5.52. The van der Waals surface area contributed by atoms with Crippen LogP contribution in [0.1, 0.15) is 18.0 Å². The van der Waals surface area contributed by atoms with Crippen molar-refractivity contribution >= 4 is 0 Å². The Morgan fingerprint density at radius 3 is 2.30 bits per heavy atom. The van der Waals surface area contributed by atoms with Crippen molar-refractivity contribution in [1.82, 2.24) is 5.43 Å². The van der Waals surface area contributed by atoms with Gasteiger partial charge in [0.05, 0.1) is 34.0 Å². The first-order valence-electron chi connectivity index (χ1n) is 6.59. The van der Waals surface area contributed by atoms with Gasteiger partial charge < -0.3 is 18.9 Å². The molecule has 1 aromatic carbocycles. The van der Waals surface area contributed by atoms with E-state index in [-0.39, 0.29) is 6.04 Å². The summed E-state index contributed by atoms with van der Waals surface area (Å²) in [5, 5.41) is 0. The summed E-state index contributed by atoms with van der Waals surface area (Å²) in [6.07, 6.45) is 0.965. The molecule has 20 heavy (non-hydrogen) atoms. The van der Waals surface area contributed by atoms with Crippen molar-refractivity contribution in [3.63, 3.8) is 0 Å². The van der Waals surface area contributed by atoms with Crippen molar-refractivity contribution in [2.75, 3.05) is 34.5 Å². The first kappa shape index (κ1) is 14.9. The van der Waals surface area contributed by atoms with Gasteiger partial charge in [-0.2, -0.15) is 0 Å². The molecule has 0 aromatic heterocycles. The van der Waals surface area contributed by atoms with Crippen molar-refractivity contribution in [2.45, 2.75) is 12.5 Å². The SMILES string of the molecule is COc1cc(OC)c(C(NN)C2CCOC2)cc1OC. The summed E-state index contributed by atoms with van der Waals surface area (Å²) in [6.45, 7) is 1.45. The molecule has 2 rings (SSSR count). The summed E-state index contributed by atoms with van der Waals surface area (Å²) in [5.74, 6) is 8.06. The summed E-state index contributed by atoms with van der Waals surface area (Å²) in [7, 11) is 4.83. The Morgan fingerprint density at radius 2 is 1.80 bits per heavy atom. The van der Waals surface area contributed by atoms with Crippen LogP contribution in [0.15, 0.2) is 12.1 Å². The second-order valence-corrected chi connectivity index (χ2v) is 4.72. The minimum atomic E-state index is -0.0488. The molecule has 1 aromatic rings. The fourth-order valence-corrected chi connectivity index (χ4v) is 2.59. The van der Waals surface area contributed by atoms with Crippen LogP contribution in [0.25, 0.3) is 0 Å². The summed E-state index contributed by atoms with van der Waals surface area (Å²) in [4.78, 5) is 0. The van der Waals surface area contributed by atoms with Gasteiger partial charge in [0.1, 0.15) is 5.75 Å². The zero-order valence-electron chi connectivity index (χ0n) is 12.1. The number of hydrogen-bond donors (Lipinski definition) is 2. The van der Waals surface area contributed by atoms with Gasteiger partial charge in [-0.3, -0.25) is 11.3 Å². The Kier molecular flexibility index (Phi) is 5.05. The maximum Gasteiger partial charge on any atom is 0.164 e. The van der Waals surface area contributed by atoms with Crippen LogP contribution in [0.3, 0.4) is 0 Å². The second kappa shape index (κ2) is 6.78. The van der Waals surface area contributed by atoms with Crippen LogP contribution in [-0.2, 0) is 4.74 Å². The average Bonchev–Trinajstić information content (AvgIpc) is 3.01. The molecule has 0 saturated carbocycles. The van der Waals surface area contributed by atoms with Gasteiger partial charge in [-0.05, 0) is 12.5 Å². The van der Waals surface area contributed by atoms with E-state index in [4.69, 9.17) is 24.8 Å². The van der Waals surface area contributed by atoms with Crippen LogP contribution in [0.5, 0.6) is 17.2 Å². The first-order chi connectivity index (χ1) is 9.74. The molecule has 1 aliphatic rings. The molecule has 112 valence electrons. The minimum Gasteiger partial charge on any atom is -0.496 e. The monoisotopic (exact) mass is 282 g/mol. The van der Waals surface area contributed by atoms with Crippen molar-refractivity contribution in [3.05, 3.63) is 17.7 Å². The fourth-order valence-electron chi connectivity index (χ4n) is 2.59. The van der Waals surface area contributed by atoms with E-state index in [9.17, 15) is 0 Å². The zero-order chi connectivity index (χ0) is 14.5. The van der Waals surface area contributed by atoms with Crippen molar-refractivity contribution in [2.24, 2.45) is 11.8 Å². The topological polar surface area (TPSA) is 75.0 Å². The maximum atomic E-state index is 5.74. The quantitative estimate of drug-likeness (QED) is 0.604. The smallest absolute Gasteiger partial charge is 0.164 e. The van der Waals surface area contributed by atoms with Crippen LogP contribution < -0.4 is 25.5 Å². The van der Waals surface area contributed by atoms with E-state index in [1.54, 1.807) is 21.3 Å². The number of rotatable bonds is 6. The fraction of sp³-hybridized carbons (Fsp3) is 0.571. The maximum absolute atomic E-state index is 5.74. The predicted molar refractivity (Wildman–Crippen MR) is 75.1 cm³/mol. The van der Waals surface area contributed by atoms with Crippen molar-refractivity contribution in [3.8, 4) is 17.2 Å². The molecule has 1 aliphatic heterocycles. The Bertz CT molecular complexity index is 447. The van der Waals surface area contributed by atoms with Gasteiger partial charge in [-0.1, -0.05) is 0 Å². The lowest BCUT2D eigenvalue weighted by Crippen LogP contribution is -2.34. The number of hydrogen-bond acceptors (Lipinski definition) is 6. The molecule has 0 radical (unpaired) electrons. The van der Waals surface area contributed by atoms with E-state index in [1.807, 2.05) is 12.1 Å². The Labute approximate surface area is 119 Å². The van der Waals surface area contributed by atoms with Gasteiger partial charge in [0.25, 0.3) is 0 Å². The number of ether oxygens (including phenoxy) is 4. The van der Waals surface area contributed by atoms with E-state index in [1.165, 1.54) is 0 Å². The van der Waals surface area contributed by atoms with Gasteiger partial charge in [0, 0.05) is 24.2 Å². The molecule has 6 heteroatoms. The second-order valence-electron chi connectivity index (χ2n) is 4.72. The Balaban J connectivity index is 2.41.